The van der Waals surface area contributed by atoms with Crippen LogP contribution in [0.1, 0.15) is 32.1 Å². The first-order chi connectivity index (χ1) is 9.37. The number of carboxylic acids is 4. The van der Waals surface area contributed by atoms with Crippen LogP contribution in [-0.2, 0) is 19.2 Å². The van der Waals surface area contributed by atoms with Gasteiger partial charge in [-0.25, -0.2) is 0 Å². The van der Waals surface area contributed by atoms with Gasteiger partial charge in [0.25, 0.3) is 0 Å². The minimum absolute atomic E-state index is 0. The van der Waals surface area contributed by atoms with Crippen molar-refractivity contribution in [1.29, 1.82) is 0 Å². The molecule has 0 aliphatic rings. The van der Waals surface area contributed by atoms with E-state index in [0.29, 0.717) is 0 Å². The van der Waals surface area contributed by atoms with Crippen LogP contribution in [0.4, 0.5) is 0 Å². The predicted octanol–water partition coefficient (Wildman–Crippen LogP) is -2.69. The molecule has 0 unspecified atom stereocenters. The molecule has 0 saturated heterocycles. The van der Waals surface area contributed by atoms with Gasteiger partial charge in [0.2, 0.25) is 0 Å². The Bertz CT molecular complexity index is 417. The van der Waals surface area contributed by atoms with Gasteiger partial charge in [0.15, 0.2) is 0 Å². The minimum atomic E-state index is -1.92. The second-order valence-corrected chi connectivity index (χ2v) is 5.19. The van der Waals surface area contributed by atoms with E-state index in [1.165, 1.54) is 0 Å². The standard InChI is InChI=1S/C11H18N2O8.Mg.Na.3H/c12-11(13,4-9(20)21)5-10(1-6(14)15,2-7(16)17)3-8(18)19;;;;;/h1-5,12-13H2,(H,14,15)(H,16,17)(H,18,19)(H,20,21);;;;;. The topological polar surface area (TPSA) is 201 Å². The average Bonchev–Trinajstić information content (AvgIpc) is 2.07. The molecule has 0 aromatic rings. The van der Waals surface area contributed by atoms with E-state index in [-0.39, 0.29) is 52.6 Å². The van der Waals surface area contributed by atoms with E-state index in [0.717, 1.165) is 0 Å². The molecule has 0 spiro atoms. The summed E-state index contributed by atoms with van der Waals surface area (Å²) in [5.74, 6) is -5.65. The zero-order valence-corrected chi connectivity index (χ0v) is 11.1. The van der Waals surface area contributed by atoms with Gasteiger partial charge in [0, 0.05) is 5.41 Å². The van der Waals surface area contributed by atoms with Crippen molar-refractivity contribution < 1.29 is 39.6 Å². The third kappa shape index (κ3) is 12.6. The third-order valence-electron chi connectivity index (χ3n) is 2.76. The first kappa shape index (κ1) is 27.4. The molecule has 0 aromatic heterocycles. The molecule has 0 atom stereocenters. The monoisotopic (exact) mass is 356 g/mol. The molecule has 10 nitrogen and oxygen atoms in total. The molecule has 0 bridgehead atoms. The summed E-state index contributed by atoms with van der Waals surface area (Å²) in [5, 5.41) is 35.3. The van der Waals surface area contributed by atoms with Crippen LogP contribution >= 0.6 is 0 Å². The molecule has 0 radical (unpaired) electrons. The summed E-state index contributed by atoms with van der Waals surface area (Å²) in [6.45, 7) is 0. The Kier molecular flexibility index (Phi) is 13.3. The Hall–Kier alpha value is -0.434. The van der Waals surface area contributed by atoms with Crippen LogP contribution in [0.2, 0.25) is 0 Å². The van der Waals surface area contributed by atoms with Crippen molar-refractivity contribution in [3.05, 3.63) is 0 Å². The summed E-state index contributed by atoms with van der Waals surface area (Å²) >= 11 is 0. The number of carbonyl (C=O) groups is 4. The summed E-state index contributed by atoms with van der Waals surface area (Å²) in [5.41, 5.74) is 7.40. The SMILES string of the molecule is NC(N)(CC(=O)O)CC(CC(=O)O)(CC(=O)O)CC(=O)O.[MgH2].[NaH]. The molecular formula is C11H21MgN2NaO8. The van der Waals surface area contributed by atoms with E-state index in [1.807, 2.05) is 0 Å². The normalized spacial score (nSPS) is 10.9. The Morgan fingerprint density at radius 3 is 1.17 bits per heavy atom. The molecule has 0 heterocycles. The Labute approximate surface area is 170 Å². The maximum atomic E-state index is 10.9. The summed E-state index contributed by atoms with van der Waals surface area (Å²) in [6.07, 6.45) is -3.74. The van der Waals surface area contributed by atoms with Gasteiger partial charge in [0.05, 0.1) is 31.3 Å². The number of nitrogens with two attached hydrogens (primary N) is 2. The first-order valence-electron chi connectivity index (χ1n) is 5.82. The van der Waals surface area contributed by atoms with Gasteiger partial charge in [-0.1, -0.05) is 0 Å². The molecule has 12 heteroatoms. The molecule has 8 N–H and O–H groups in total. The fourth-order valence-electron chi connectivity index (χ4n) is 2.38. The molecule has 0 fully saturated rings. The summed E-state index contributed by atoms with van der Waals surface area (Å²) in [4.78, 5) is 43.4. The van der Waals surface area contributed by atoms with Gasteiger partial charge >= 0.3 is 76.5 Å². The molecule has 0 aromatic carbocycles. The van der Waals surface area contributed by atoms with Gasteiger partial charge in [0.1, 0.15) is 0 Å². The summed E-state index contributed by atoms with van der Waals surface area (Å²) in [6, 6.07) is 0. The quantitative estimate of drug-likeness (QED) is 0.177. The van der Waals surface area contributed by atoms with Crippen molar-refractivity contribution >= 4 is 76.5 Å². The molecule has 23 heavy (non-hydrogen) atoms. The number of carboxylic acid groups (broad SMARTS) is 4. The van der Waals surface area contributed by atoms with Gasteiger partial charge in [-0.05, 0) is 6.42 Å². The van der Waals surface area contributed by atoms with E-state index < -0.39 is 67.1 Å². The van der Waals surface area contributed by atoms with E-state index in [2.05, 4.69) is 0 Å². The third-order valence-corrected chi connectivity index (χ3v) is 2.76. The van der Waals surface area contributed by atoms with Crippen molar-refractivity contribution in [3.63, 3.8) is 0 Å². The molecule has 0 aliphatic carbocycles. The average molecular weight is 357 g/mol. The number of hydrogen-bond acceptors (Lipinski definition) is 6. The molecule has 0 aliphatic heterocycles. The molecule has 0 amide bonds. The second-order valence-electron chi connectivity index (χ2n) is 5.19. The van der Waals surface area contributed by atoms with Crippen LogP contribution in [0.3, 0.4) is 0 Å². The summed E-state index contributed by atoms with van der Waals surface area (Å²) < 4.78 is 0. The van der Waals surface area contributed by atoms with E-state index in [9.17, 15) is 19.2 Å². The van der Waals surface area contributed by atoms with Crippen LogP contribution in [-0.4, -0.2) is 103 Å². The molecule has 0 rings (SSSR count). The van der Waals surface area contributed by atoms with Crippen molar-refractivity contribution in [2.24, 2.45) is 16.9 Å². The first-order valence-corrected chi connectivity index (χ1v) is 5.82. The van der Waals surface area contributed by atoms with Crippen molar-refractivity contribution in [2.45, 2.75) is 37.8 Å². The number of hydrogen-bond donors (Lipinski definition) is 6. The van der Waals surface area contributed by atoms with Crippen molar-refractivity contribution in [2.75, 3.05) is 0 Å². The maximum absolute atomic E-state index is 10.9. The fourth-order valence-corrected chi connectivity index (χ4v) is 2.38. The Morgan fingerprint density at radius 2 is 0.957 bits per heavy atom. The Balaban J connectivity index is -0.00000200. The zero-order chi connectivity index (χ0) is 16.8. The van der Waals surface area contributed by atoms with Gasteiger partial charge in [-0.2, -0.15) is 0 Å². The van der Waals surface area contributed by atoms with Gasteiger partial charge < -0.3 is 31.9 Å². The second kappa shape index (κ2) is 11.2. The zero-order valence-electron chi connectivity index (χ0n) is 11.1. The van der Waals surface area contributed by atoms with Crippen LogP contribution in [0, 0.1) is 5.41 Å². The molecule has 126 valence electrons. The van der Waals surface area contributed by atoms with Crippen LogP contribution in [0.15, 0.2) is 0 Å². The predicted molar refractivity (Wildman–Crippen MR) is 82.9 cm³/mol. The van der Waals surface area contributed by atoms with Crippen molar-refractivity contribution in [1.82, 2.24) is 0 Å². The van der Waals surface area contributed by atoms with Crippen LogP contribution in [0.25, 0.3) is 0 Å². The fraction of sp³-hybridized carbons (Fsp3) is 0.636. The van der Waals surface area contributed by atoms with E-state index >= 15 is 0 Å². The van der Waals surface area contributed by atoms with Crippen LogP contribution < -0.4 is 11.5 Å². The number of aliphatic carboxylic acids is 4. The van der Waals surface area contributed by atoms with E-state index in [4.69, 9.17) is 31.9 Å². The number of rotatable bonds is 10. The van der Waals surface area contributed by atoms with Crippen molar-refractivity contribution in [3.8, 4) is 0 Å². The van der Waals surface area contributed by atoms with E-state index in [1.54, 1.807) is 0 Å². The summed E-state index contributed by atoms with van der Waals surface area (Å²) in [7, 11) is 0. The van der Waals surface area contributed by atoms with Gasteiger partial charge in [-0.15, -0.1) is 0 Å². The van der Waals surface area contributed by atoms with Crippen LogP contribution in [0.5, 0.6) is 0 Å². The molecular weight excluding hydrogens is 335 g/mol. The Morgan fingerprint density at radius 1 is 0.696 bits per heavy atom. The van der Waals surface area contributed by atoms with Gasteiger partial charge in [-0.3, -0.25) is 19.2 Å². The molecule has 0 saturated carbocycles.